The van der Waals surface area contributed by atoms with Crippen molar-refractivity contribution < 1.29 is 4.79 Å². The smallest absolute Gasteiger partial charge is 0.162 e. The molecule has 0 aromatic carbocycles. The maximum Gasteiger partial charge on any atom is 0.162 e. The van der Waals surface area contributed by atoms with Crippen LogP contribution in [0.2, 0.25) is 0 Å². The monoisotopic (exact) mass is 240 g/mol. The van der Waals surface area contributed by atoms with E-state index in [0.29, 0.717) is 12.2 Å². The number of ketones is 1. The van der Waals surface area contributed by atoms with E-state index in [4.69, 9.17) is 0 Å². The lowest BCUT2D eigenvalue weighted by Crippen LogP contribution is -2.39. The van der Waals surface area contributed by atoms with E-state index in [1.807, 2.05) is 12.3 Å². The van der Waals surface area contributed by atoms with Crippen LogP contribution >= 0.6 is 0 Å². The molecule has 0 N–H and O–H groups in total. The minimum atomic E-state index is 0.256. The number of rotatable bonds is 0. The Kier molecular flexibility index (Phi) is 2.10. The van der Waals surface area contributed by atoms with Crippen molar-refractivity contribution in [1.82, 2.24) is 9.88 Å². The van der Waals surface area contributed by atoms with Crippen molar-refractivity contribution in [2.24, 2.45) is 0 Å². The Hall–Kier alpha value is -1.64. The minimum absolute atomic E-state index is 0.256. The van der Waals surface area contributed by atoms with Gasteiger partial charge in [-0.2, -0.15) is 0 Å². The molecule has 92 valence electrons. The number of allylic oxidation sites excluding steroid dienone is 2. The molecule has 0 saturated carbocycles. The summed E-state index contributed by atoms with van der Waals surface area (Å²) in [6.07, 6.45) is 6.76. The van der Waals surface area contributed by atoms with Crippen molar-refractivity contribution in [2.75, 3.05) is 6.54 Å². The van der Waals surface area contributed by atoms with Gasteiger partial charge in [0, 0.05) is 42.5 Å². The number of hydrogen-bond acceptors (Lipinski definition) is 3. The zero-order valence-corrected chi connectivity index (χ0v) is 10.4. The molecule has 0 fully saturated rings. The van der Waals surface area contributed by atoms with Crippen LogP contribution in [0.5, 0.6) is 0 Å². The number of Topliss-reactive ketones (excluding diaryl/α,β-unsaturated/α-hetero) is 1. The van der Waals surface area contributed by atoms with Gasteiger partial charge in [-0.3, -0.25) is 9.78 Å². The van der Waals surface area contributed by atoms with Gasteiger partial charge in [-0.1, -0.05) is 6.07 Å². The minimum Gasteiger partial charge on any atom is -0.367 e. The van der Waals surface area contributed by atoms with Crippen LogP contribution in [0.4, 0.5) is 0 Å². The van der Waals surface area contributed by atoms with Crippen LogP contribution in [-0.2, 0) is 11.2 Å². The highest BCUT2D eigenvalue weighted by Gasteiger charge is 2.39. The van der Waals surface area contributed by atoms with Crippen molar-refractivity contribution in [2.45, 2.75) is 38.1 Å². The largest absolute Gasteiger partial charge is 0.367 e. The van der Waals surface area contributed by atoms with E-state index in [1.54, 1.807) is 0 Å². The third-order valence-electron chi connectivity index (χ3n) is 4.50. The fraction of sp³-hybridized carbons (Fsp3) is 0.467. The third-order valence-corrected chi connectivity index (χ3v) is 4.50. The Labute approximate surface area is 107 Å². The van der Waals surface area contributed by atoms with Gasteiger partial charge in [0.25, 0.3) is 0 Å². The number of aromatic nitrogens is 1. The second-order valence-electron chi connectivity index (χ2n) is 5.40. The summed E-state index contributed by atoms with van der Waals surface area (Å²) in [7, 11) is 0. The molecular weight excluding hydrogens is 224 g/mol. The summed E-state index contributed by atoms with van der Waals surface area (Å²) in [4.78, 5) is 19.2. The van der Waals surface area contributed by atoms with Crippen LogP contribution in [0.25, 0.3) is 0 Å². The van der Waals surface area contributed by atoms with Crippen molar-refractivity contribution in [1.29, 1.82) is 0 Å². The second-order valence-corrected chi connectivity index (χ2v) is 5.40. The molecular formula is C15H16N2O. The fourth-order valence-electron chi connectivity index (χ4n) is 3.70. The highest BCUT2D eigenvalue weighted by molar-refractivity contribution is 5.98. The average molecular weight is 240 g/mol. The van der Waals surface area contributed by atoms with Gasteiger partial charge in [-0.25, -0.2) is 0 Å². The lowest BCUT2D eigenvalue weighted by molar-refractivity contribution is -0.117. The van der Waals surface area contributed by atoms with Crippen molar-refractivity contribution in [3.63, 3.8) is 0 Å². The molecule has 3 heterocycles. The number of hydrogen-bond donors (Lipinski definition) is 0. The maximum atomic E-state index is 12.2. The van der Waals surface area contributed by atoms with Crippen molar-refractivity contribution >= 4 is 5.78 Å². The Bertz CT molecular complexity index is 561. The molecule has 0 bridgehead atoms. The Morgan fingerprint density at radius 2 is 2.22 bits per heavy atom. The molecule has 3 heteroatoms. The molecule has 4 rings (SSSR count). The molecule has 1 aromatic heterocycles. The third kappa shape index (κ3) is 1.30. The second kappa shape index (κ2) is 3.67. The SMILES string of the molecule is O=C1CC2c3cccnc3CCN2C2=C1CCC2. The molecule has 18 heavy (non-hydrogen) atoms. The van der Waals surface area contributed by atoms with Gasteiger partial charge in [0.05, 0.1) is 6.04 Å². The van der Waals surface area contributed by atoms with E-state index < -0.39 is 0 Å². The van der Waals surface area contributed by atoms with E-state index in [9.17, 15) is 4.79 Å². The van der Waals surface area contributed by atoms with Gasteiger partial charge in [-0.05, 0) is 30.9 Å². The van der Waals surface area contributed by atoms with Crippen LogP contribution in [0.1, 0.15) is 43.0 Å². The lowest BCUT2D eigenvalue weighted by atomic mass is 9.87. The first kappa shape index (κ1) is 10.3. The first-order valence-electron chi connectivity index (χ1n) is 6.80. The highest BCUT2D eigenvalue weighted by atomic mass is 16.1. The summed E-state index contributed by atoms with van der Waals surface area (Å²) in [6.45, 7) is 1.03. The molecule has 0 spiro atoms. The summed E-state index contributed by atoms with van der Waals surface area (Å²) < 4.78 is 0. The molecule has 1 atom stereocenters. The summed E-state index contributed by atoms with van der Waals surface area (Å²) in [5.74, 6) is 0.375. The molecule has 3 aliphatic rings. The van der Waals surface area contributed by atoms with Gasteiger partial charge in [0.2, 0.25) is 0 Å². The van der Waals surface area contributed by atoms with Crippen LogP contribution < -0.4 is 0 Å². The van der Waals surface area contributed by atoms with Crippen LogP contribution in [0, 0.1) is 0 Å². The van der Waals surface area contributed by atoms with Gasteiger partial charge in [0.15, 0.2) is 5.78 Å². The Morgan fingerprint density at radius 3 is 3.17 bits per heavy atom. The average Bonchev–Trinajstić information content (AvgIpc) is 2.89. The predicted molar refractivity (Wildman–Crippen MR) is 67.9 cm³/mol. The van der Waals surface area contributed by atoms with Crippen molar-refractivity contribution in [3.05, 3.63) is 40.9 Å². The topological polar surface area (TPSA) is 33.2 Å². The Balaban J connectivity index is 1.82. The molecule has 0 amide bonds. The van der Waals surface area contributed by atoms with E-state index in [1.165, 1.54) is 17.0 Å². The zero-order valence-electron chi connectivity index (χ0n) is 10.4. The van der Waals surface area contributed by atoms with Gasteiger partial charge in [0.1, 0.15) is 0 Å². The molecule has 0 saturated heterocycles. The summed E-state index contributed by atoms with van der Waals surface area (Å²) >= 11 is 0. The summed E-state index contributed by atoms with van der Waals surface area (Å²) in [6, 6.07) is 4.39. The number of nitrogens with zero attached hydrogens (tertiary/aromatic N) is 2. The number of carbonyl (C=O) groups is 1. The predicted octanol–water partition coefficient (Wildman–Crippen LogP) is 2.39. The van der Waals surface area contributed by atoms with Crippen molar-refractivity contribution in [3.8, 4) is 0 Å². The van der Waals surface area contributed by atoms with E-state index in [-0.39, 0.29) is 6.04 Å². The summed E-state index contributed by atoms with van der Waals surface area (Å²) in [5.41, 5.74) is 4.92. The normalized spacial score (nSPS) is 25.9. The first-order chi connectivity index (χ1) is 8.84. The maximum absolute atomic E-state index is 12.2. The van der Waals surface area contributed by atoms with Gasteiger partial charge in [-0.15, -0.1) is 0 Å². The van der Waals surface area contributed by atoms with Gasteiger partial charge < -0.3 is 4.90 Å². The molecule has 1 aromatic rings. The molecule has 2 aliphatic heterocycles. The van der Waals surface area contributed by atoms with Gasteiger partial charge >= 0.3 is 0 Å². The zero-order chi connectivity index (χ0) is 12.1. The van der Waals surface area contributed by atoms with E-state index in [2.05, 4.69) is 16.0 Å². The number of carbonyl (C=O) groups excluding carboxylic acids is 1. The van der Waals surface area contributed by atoms with Crippen LogP contribution in [0.15, 0.2) is 29.6 Å². The lowest BCUT2D eigenvalue weighted by Gasteiger charge is -2.42. The Morgan fingerprint density at radius 1 is 1.28 bits per heavy atom. The van der Waals surface area contributed by atoms with Crippen LogP contribution in [0.3, 0.4) is 0 Å². The van der Waals surface area contributed by atoms with E-state index >= 15 is 0 Å². The summed E-state index contributed by atoms with van der Waals surface area (Å²) in [5, 5.41) is 0. The molecule has 3 nitrogen and oxygen atoms in total. The molecule has 1 aliphatic carbocycles. The standard InChI is InChI=1S/C15H16N2O/c18-15-9-14-10-4-2-7-16-12(10)6-8-17(14)13-5-1-3-11(13)15/h2,4,7,14H,1,3,5-6,8-9H2. The quantitative estimate of drug-likeness (QED) is 0.698. The first-order valence-corrected chi connectivity index (χ1v) is 6.80. The highest BCUT2D eigenvalue weighted by Crippen LogP contribution is 2.44. The number of pyridine rings is 1. The fourth-order valence-corrected chi connectivity index (χ4v) is 3.70. The molecule has 0 radical (unpaired) electrons. The van der Waals surface area contributed by atoms with Crippen LogP contribution in [-0.4, -0.2) is 22.2 Å². The molecule has 1 unspecified atom stereocenters. The number of fused-ring (bicyclic) bond motifs is 4. The van der Waals surface area contributed by atoms with E-state index in [0.717, 1.165) is 37.8 Å².